The third-order valence-corrected chi connectivity index (χ3v) is 0.748. The van der Waals surface area contributed by atoms with Gasteiger partial charge in [-0.05, 0) is 0 Å². The van der Waals surface area contributed by atoms with Gasteiger partial charge in [-0.15, -0.1) is 0 Å². The molecule has 0 rings (SSSR count). The minimum atomic E-state index is -4.58. The predicted molar refractivity (Wildman–Crippen MR) is 31.8 cm³/mol. The fourth-order valence-corrected chi connectivity index (χ4v) is 0.280. The van der Waals surface area contributed by atoms with Crippen molar-refractivity contribution in [2.24, 2.45) is 0 Å². The second kappa shape index (κ2) is 3.76. The number of rotatable bonds is 2. The number of nitrogens with zero attached hydrogens (tertiary/aromatic N) is 1. The summed E-state index contributed by atoms with van der Waals surface area (Å²) in [4.78, 5) is 10.4. The van der Waals surface area contributed by atoms with Gasteiger partial charge in [-0.1, -0.05) is 6.58 Å². The minimum Gasteiger partial charge on any atom is -0.452 e. The number of carbonyl (C=O) groups is 1. The molecule has 12 heavy (non-hydrogen) atoms. The smallest absolute Gasteiger partial charge is 0.422 e. The molecular weight excluding hydrogens is 175 g/mol. The summed E-state index contributed by atoms with van der Waals surface area (Å²) < 4.78 is 37.9. The zero-order valence-corrected chi connectivity index (χ0v) is 5.81. The van der Waals surface area contributed by atoms with Crippen molar-refractivity contribution in [2.45, 2.75) is 6.18 Å². The molecule has 0 aromatic heterocycles. The van der Waals surface area contributed by atoms with Crippen LogP contribution in [-0.2, 0) is 9.53 Å². The lowest BCUT2D eigenvalue weighted by Gasteiger charge is -2.05. The van der Waals surface area contributed by atoms with Gasteiger partial charge in [-0.25, -0.2) is 4.79 Å². The van der Waals surface area contributed by atoms with Gasteiger partial charge in [0, 0.05) is 0 Å². The van der Waals surface area contributed by atoms with Crippen LogP contribution in [0.1, 0.15) is 0 Å². The van der Waals surface area contributed by atoms with Crippen molar-refractivity contribution >= 4 is 5.97 Å². The second-order valence-corrected chi connectivity index (χ2v) is 1.78. The van der Waals surface area contributed by atoms with Crippen LogP contribution in [0.5, 0.6) is 0 Å². The largest absolute Gasteiger partial charge is 0.452 e. The Labute approximate surface area is 66.0 Å². The lowest BCUT2D eigenvalue weighted by molar-refractivity contribution is -0.183. The lowest BCUT2D eigenvalue weighted by atomic mass is 10.3. The highest BCUT2D eigenvalue weighted by atomic mass is 19.4. The Morgan fingerprint density at radius 3 is 2.42 bits per heavy atom. The first-order valence-corrected chi connectivity index (χ1v) is 2.69. The summed E-state index contributed by atoms with van der Waals surface area (Å²) in [7, 11) is 0. The van der Waals surface area contributed by atoms with Crippen LogP contribution >= 0.6 is 0 Å². The van der Waals surface area contributed by atoms with E-state index in [4.69, 9.17) is 5.26 Å². The molecule has 0 radical (unpaired) electrons. The van der Waals surface area contributed by atoms with Gasteiger partial charge in [-0.2, -0.15) is 18.4 Å². The van der Waals surface area contributed by atoms with Crippen molar-refractivity contribution in [1.82, 2.24) is 0 Å². The molecule has 0 bridgehead atoms. The lowest BCUT2D eigenvalue weighted by Crippen LogP contribution is -2.20. The summed E-state index contributed by atoms with van der Waals surface area (Å²) in [6.07, 6.45) is -4.58. The van der Waals surface area contributed by atoms with E-state index in [1.165, 1.54) is 6.07 Å². The molecule has 0 saturated carbocycles. The highest BCUT2D eigenvalue weighted by Crippen LogP contribution is 2.14. The maximum atomic E-state index is 11.4. The maximum absolute atomic E-state index is 11.4. The molecule has 0 unspecified atom stereocenters. The topological polar surface area (TPSA) is 50.1 Å². The van der Waals surface area contributed by atoms with Crippen molar-refractivity contribution in [3.8, 4) is 6.07 Å². The Kier molecular flexibility index (Phi) is 3.29. The fraction of sp³-hybridized carbons (Fsp3) is 0.333. The Morgan fingerprint density at radius 1 is 1.58 bits per heavy atom. The highest BCUT2D eigenvalue weighted by Gasteiger charge is 2.29. The van der Waals surface area contributed by atoms with Crippen LogP contribution in [-0.4, -0.2) is 18.8 Å². The van der Waals surface area contributed by atoms with Gasteiger partial charge < -0.3 is 4.74 Å². The van der Waals surface area contributed by atoms with E-state index in [0.29, 0.717) is 0 Å². The fourth-order valence-electron chi connectivity index (χ4n) is 0.280. The van der Waals surface area contributed by atoms with Gasteiger partial charge in [0.25, 0.3) is 0 Å². The van der Waals surface area contributed by atoms with Gasteiger partial charge in [0.1, 0.15) is 11.6 Å². The molecule has 0 atom stereocenters. The van der Waals surface area contributed by atoms with Crippen LogP contribution in [0.15, 0.2) is 12.2 Å². The molecule has 0 aromatic rings. The zero-order chi connectivity index (χ0) is 9.78. The van der Waals surface area contributed by atoms with Crippen molar-refractivity contribution in [3.05, 3.63) is 12.2 Å². The third-order valence-electron chi connectivity index (χ3n) is 0.748. The van der Waals surface area contributed by atoms with Gasteiger partial charge in [0.15, 0.2) is 6.61 Å². The molecule has 0 amide bonds. The number of hydrogen-bond acceptors (Lipinski definition) is 3. The van der Waals surface area contributed by atoms with Crippen LogP contribution in [0.25, 0.3) is 0 Å². The first kappa shape index (κ1) is 10.5. The Balaban J connectivity index is 3.91. The molecule has 0 N–H and O–H groups in total. The van der Waals surface area contributed by atoms with E-state index >= 15 is 0 Å². The quantitative estimate of drug-likeness (QED) is 0.363. The van der Waals surface area contributed by atoms with Gasteiger partial charge in [0.05, 0.1) is 0 Å². The van der Waals surface area contributed by atoms with Crippen LogP contribution in [0.3, 0.4) is 0 Å². The summed E-state index contributed by atoms with van der Waals surface area (Å²) >= 11 is 0. The van der Waals surface area contributed by atoms with E-state index in [9.17, 15) is 18.0 Å². The van der Waals surface area contributed by atoms with E-state index in [2.05, 4.69) is 11.3 Å². The molecule has 0 spiro atoms. The number of hydrogen-bond donors (Lipinski definition) is 0. The molecule has 0 saturated heterocycles. The number of nitriles is 1. The summed E-state index contributed by atoms with van der Waals surface area (Å²) in [5, 5.41) is 8.00. The van der Waals surface area contributed by atoms with Crippen LogP contribution in [0.2, 0.25) is 0 Å². The van der Waals surface area contributed by atoms with E-state index in [-0.39, 0.29) is 0 Å². The summed E-state index contributed by atoms with van der Waals surface area (Å²) in [5.41, 5.74) is -0.653. The van der Waals surface area contributed by atoms with Crippen molar-refractivity contribution < 1.29 is 22.7 Å². The number of alkyl halides is 3. The molecule has 0 aromatic carbocycles. The first-order chi connectivity index (χ1) is 5.37. The SMILES string of the molecule is C=C(C#N)C(=O)OCC(F)(F)F. The number of ether oxygens (including phenoxy) is 1. The Morgan fingerprint density at radius 2 is 2.08 bits per heavy atom. The number of carbonyl (C=O) groups excluding carboxylic acids is 1. The van der Waals surface area contributed by atoms with E-state index < -0.39 is 24.3 Å². The van der Waals surface area contributed by atoms with E-state index in [0.717, 1.165) is 0 Å². The zero-order valence-electron chi connectivity index (χ0n) is 5.81. The van der Waals surface area contributed by atoms with Gasteiger partial charge in [0.2, 0.25) is 0 Å². The monoisotopic (exact) mass is 179 g/mol. The molecule has 66 valence electrons. The van der Waals surface area contributed by atoms with Crippen molar-refractivity contribution in [3.63, 3.8) is 0 Å². The van der Waals surface area contributed by atoms with Gasteiger partial charge >= 0.3 is 12.1 Å². The second-order valence-electron chi connectivity index (χ2n) is 1.78. The van der Waals surface area contributed by atoms with Crippen molar-refractivity contribution in [1.29, 1.82) is 5.26 Å². The molecule has 6 heteroatoms. The van der Waals surface area contributed by atoms with Gasteiger partial charge in [-0.3, -0.25) is 0 Å². The molecule has 0 aliphatic heterocycles. The van der Waals surface area contributed by atoms with Crippen LogP contribution < -0.4 is 0 Å². The number of halogens is 3. The third kappa shape index (κ3) is 4.33. The Bertz CT molecular complexity index is 238. The maximum Gasteiger partial charge on any atom is 0.422 e. The minimum absolute atomic E-state index is 0.653. The number of esters is 1. The molecule has 3 nitrogen and oxygen atoms in total. The molecule has 0 aliphatic rings. The normalized spacial score (nSPS) is 10.2. The van der Waals surface area contributed by atoms with Crippen LogP contribution in [0, 0.1) is 11.3 Å². The molecule has 0 heterocycles. The summed E-state index contributed by atoms with van der Waals surface area (Å²) in [6.45, 7) is 1.17. The molecule has 0 aliphatic carbocycles. The van der Waals surface area contributed by atoms with E-state index in [1.807, 2.05) is 0 Å². The Hall–Kier alpha value is -1.51. The molecular formula is C6H4F3NO2. The van der Waals surface area contributed by atoms with Crippen LogP contribution in [0.4, 0.5) is 13.2 Å². The molecule has 0 fully saturated rings. The summed E-state index contributed by atoms with van der Waals surface area (Å²) in [5.74, 6) is -1.35. The highest BCUT2D eigenvalue weighted by molar-refractivity contribution is 5.91. The van der Waals surface area contributed by atoms with E-state index in [1.54, 1.807) is 0 Å². The first-order valence-electron chi connectivity index (χ1n) is 2.69. The average Bonchev–Trinajstić information content (AvgIpc) is 1.97. The predicted octanol–water partition coefficient (Wildman–Crippen LogP) is 1.17. The standard InChI is InChI=1S/C6H4F3NO2/c1-4(2-10)5(11)12-3-6(7,8)9/h1,3H2. The average molecular weight is 179 g/mol. The van der Waals surface area contributed by atoms with Crippen molar-refractivity contribution in [2.75, 3.05) is 6.61 Å². The summed E-state index contributed by atoms with van der Waals surface area (Å²) in [6, 6.07) is 1.26.